The van der Waals surface area contributed by atoms with Gasteiger partial charge in [0.15, 0.2) is 5.88 Å². The van der Waals surface area contributed by atoms with E-state index in [1.54, 1.807) is 0 Å². The summed E-state index contributed by atoms with van der Waals surface area (Å²) in [5.74, 6) is -2.81. The van der Waals surface area contributed by atoms with Crippen molar-refractivity contribution in [2.24, 2.45) is 5.73 Å². The molecule has 1 amide bonds. The molecule has 0 radical (unpaired) electrons. The van der Waals surface area contributed by atoms with E-state index in [2.05, 4.69) is 5.32 Å². The molecule has 2 aliphatic rings. The lowest BCUT2D eigenvalue weighted by Gasteiger charge is -2.17. The van der Waals surface area contributed by atoms with Gasteiger partial charge in [-0.3, -0.25) is 10.1 Å². The predicted molar refractivity (Wildman–Crippen MR) is 85.5 cm³/mol. The Hall–Kier alpha value is -3.10. The summed E-state index contributed by atoms with van der Waals surface area (Å²) in [4.78, 5) is 12.1. The highest BCUT2D eigenvalue weighted by molar-refractivity contribution is 5.95. The van der Waals surface area contributed by atoms with E-state index in [0.717, 1.165) is 30.4 Å². The first-order valence-corrected chi connectivity index (χ1v) is 7.72. The van der Waals surface area contributed by atoms with E-state index in [9.17, 15) is 26.7 Å². The van der Waals surface area contributed by atoms with E-state index >= 15 is 0 Å². The van der Waals surface area contributed by atoms with Crippen molar-refractivity contribution in [1.82, 2.24) is 5.32 Å². The quantitative estimate of drug-likeness (QED) is 0.781. The Bertz CT molecular complexity index is 926. The number of carbonyl (C=O) groups excluding carboxylic acids is 1. The fourth-order valence-electron chi connectivity index (χ4n) is 2.68. The van der Waals surface area contributed by atoms with Crippen LogP contribution >= 0.6 is 0 Å². The van der Waals surface area contributed by atoms with Gasteiger partial charge in [-0.05, 0) is 29.9 Å². The first kappa shape index (κ1) is 18.7. The maximum Gasteiger partial charge on any atom is 0.416 e. The third-order valence-electron chi connectivity index (χ3n) is 4.03. The van der Waals surface area contributed by atoms with Crippen LogP contribution in [-0.2, 0) is 22.3 Å². The van der Waals surface area contributed by atoms with Crippen molar-refractivity contribution in [3.05, 3.63) is 81.9 Å². The molecule has 0 saturated heterocycles. The van der Waals surface area contributed by atoms with Crippen molar-refractivity contribution in [3.63, 3.8) is 0 Å². The van der Waals surface area contributed by atoms with Crippen molar-refractivity contribution in [3.8, 4) is 0 Å². The molecule has 0 spiro atoms. The minimum atomic E-state index is -4.79. The van der Waals surface area contributed by atoms with E-state index in [1.165, 1.54) is 6.08 Å². The Balaban J connectivity index is 1.95. The van der Waals surface area contributed by atoms with Crippen LogP contribution in [0.3, 0.4) is 0 Å². The van der Waals surface area contributed by atoms with Crippen LogP contribution in [0.4, 0.5) is 22.0 Å². The average Bonchev–Trinajstić information content (AvgIpc) is 2.84. The number of alkyl halides is 3. The van der Waals surface area contributed by atoms with Gasteiger partial charge in [-0.25, -0.2) is 8.78 Å². The Morgan fingerprint density at radius 2 is 1.89 bits per heavy atom. The first-order valence-electron chi connectivity index (χ1n) is 7.72. The molecule has 142 valence electrons. The van der Waals surface area contributed by atoms with Crippen LogP contribution in [-0.4, -0.2) is 5.91 Å². The van der Waals surface area contributed by atoms with Gasteiger partial charge in [0.25, 0.3) is 5.91 Å². The molecule has 1 aromatic carbocycles. The van der Waals surface area contributed by atoms with E-state index in [0.29, 0.717) is 5.57 Å². The predicted octanol–water partition coefficient (Wildman–Crippen LogP) is 3.73. The number of nitrogens with two attached hydrogens (primary N) is 1. The van der Waals surface area contributed by atoms with Crippen LogP contribution in [0.2, 0.25) is 0 Å². The summed E-state index contributed by atoms with van der Waals surface area (Å²) in [6, 6.07) is 2.52. The molecule has 27 heavy (non-hydrogen) atoms. The minimum absolute atomic E-state index is 0.0211. The van der Waals surface area contributed by atoms with Crippen LogP contribution < -0.4 is 11.1 Å². The molecule has 4 nitrogen and oxygen atoms in total. The van der Waals surface area contributed by atoms with E-state index in [4.69, 9.17) is 10.5 Å². The van der Waals surface area contributed by atoms with Crippen LogP contribution in [0.5, 0.6) is 0 Å². The maximum atomic E-state index is 13.9. The second kappa shape index (κ2) is 6.90. The highest BCUT2D eigenvalue weighted by atomic mass is 19.4. The second-order valence-corrected chi connectivity index (χ2v) is 5.84. The van der Waals surface area contributed by atoms with Gasteiger partial charge in [-0.2, -0.15) is 13.2 Å². The van der Waals surface area contributed by atoms with Crippen molar-refractivity contribution in [1.29, 1.82) is 0 Å². The fourth-order valence-corrected chi connectivity index (χ4v) is 2.68. The Labute approximate surface area is 150 Å². The minimum Gasteiger partial charge on any atom is -0.474 e. The monoisotopic (exact) mass is 384 g/mol. The number of halogens is 5. The van der Waals surface area contributed by atoms with Crippen molar-refractivity contribution >= 4 is 5.91 Å². The summed E-state index contributed by atoms with van der Waals surface area (Å²) in [7, 11) is 0. The van der Waals surface area contributed by atoms with Crippen molar-refractivity contribution in [2.45, 2.75) is 19.2 Å². The van der Waals surface area contributed by atoms with Crippen LogP contribution in [0, 0.1) is 5.82 Å². The maximum absolute atomic E-state index is 13.9. The van der Waals surface area contributed by atoms with Crippen LogP contribution in [0.25, 0.3) is 0 Å². The van der Waals surface area contributed by atoms with Crippen molar-refractivity contribution in [2.75, 3.05) is 0 Å². The molecule has 3 N–H and O–H groups in total. The summed E-state index contributed by atoms with van der Waals surface area (Å²) in [5, 5.41) is 2.28. The lowest BCUT2D eigenvalue weighted by molar-refractivity contribution is -0.139. The van der Waals surface area contributed by atoms with E-state index in [1.807, 2.05) is 0 Å². The third kappa shape index (κ3) is 3.86. The van der Waals surface area contributed by atoms with Gasteiger partial charge >= 0.3 is 6.18 Å². The number of allylic oxidation sites excluding steroid dienone is 6. The molecule has 9 heteroatoms. The normalized spacial score (nSPS) is 17.4. The number of carbonyl (C=O) groups is 1. The van der Waals surface area contributed by atoms with Gasteiger partial charge in [0.1, 0.15) is 23.9 Å². The second-order valence-electron chi connectivity index (χ2n) is 5.84. The smallest absolute Gasteiger partial charge is 0.416 e. The van der Waals surface area contributed by atoms with Crippen LogP contribution in [0.1, 0.15) is 17.5 Å². The molecular weight excluding hydrogens is 371 g/mol. The Morgan fingerprint density at radius 3 is 2.59 bits per heavy atom. The fraction of sp³-hybridized carbons (Fsp3) is 0.167. The number of ether oxygens (including phenoxy) is 1. The molecule has 0 aromatic heterocycles. The summed E-state index contributed by atoms with van der Waals surface area (Å²) < 4.78 is 72.2. The SMILES string of the molecule is NC1=C2C=CC(F)=CC(=C(OCc3c(F)cccc3C(F)(F)F)NC1=O)C2. The molecule has 3 rings (SSSR count). The molecule has 1 heterocycles. The summed E-state index contributed by atoms with van der Waals surface area (Å²) in [6.45, 7) is -0.821. The zero-order valence-electron chi connectivity index (χ0n) is 13.7. The van der Waals surface area contributed by atoms with Gasteiger partial charge in [0, 0.05) is 17.6 Å². The highest BCUT2D eigenvalue weighted by Gasteiger charge is 2.35. The van der Waals surface area contributed by atoms with Gasteiger partial charge in [-0.1, -0.05) is 12.1 Å². The standard InChI is InChI=1S/C18H13F5N2O2/c19-11-5-4-9-6-10(7-11)17(25-16(26)15(9)24)27-8-12-13(18(21,22)23)2-1-3-14(12)20/h1-5,7H,6,8,24H2,(H,25,26). The van der Waals surface area contributed by atoms with Gasteiger partial charge < -0.3 is 10.5 Å². The first-order chi connectivity index (χ1) is 12.7. The van der Waals surface area contributed by atoms with Gasteiger partial charge in [0.05, 0.1) is 5.56 Å². The lowest BCUT2D eigenvalue weighted by atomic mass is 10.1. The molecule has 1 aliphatic carbocycles. The topological polar surface area (TPSA) is 64.3 Å². The molecule has 0 unspecified atom stereocenters. The number of fused-ring (bicyclic) bond motifs is 2. The largest absolute Gasteiger partial charge is 0.474 e. The summed E-state index contributed by atoms with van der Waals surface area (Å²) in [6.07, 6.45) is -1.28. The molecule has 1 aromatic rings. The van der Waals surface area contributed by atoms with Gasteiger partial charge in [-0.15, -0.1) is 0 Å². The molecule has 0 saturated carbocycles. The number of rotatable bonds is 3. The third-order valence-corrected chi connectivity index (χ3v) is 4.03. The molecule has 1 aliphatic heterocycles. The summed E-state index contributed by atoms with van der Waals surface area (Å²) in [5.41, 5.74) is 4.08. The van der Waals surface area contributed by atoms with E-state index < -0.39 is 41.5 Å². The number of nitrogens with one attached hydrogen (secondary N) is 1. The van der Waals surface area contributed by atoms with Crippen LogP contribution in [0.15, 0.2) is 65.0 Å². The Morgan fingerprint density at radius 1 is 1.15 bits per heavy atom. The Kier molecular flexibility index (Phi) is 4.77. The van der Waals surface area contributed by atoms with Crippen molar-refractivity contribution < 1.29 is 31.5 Å². The number of hydrogen-bond donors (Lipinski definition) is 2. The zero-order valence-corrected chi connectivity index (χ0v) is 13.7. The zero-order chi connectivity index (χ0) is 19.8. The average molecular weight is 384 g/mol. The molecule has 0 atom stereocenters. The highest BCUT2D eigenvalue weighted by Crippen LogP contribution is 2.34. The van der Waals surface area contributed by atoms with Gasteiger partial charge in [0.2, 0.25) is 0 Å². The molecule has 0 fully saturated rings. The molecule has 2 bridgehead atoms. The number of hydrogen-bond acceptors (Lipinski definition) is 3. The summed E-state index contributed by atoms with van der Waals surface area (Å²) >= 11 is 0. The lowest BCUT2D eigenvalue weighted by Crippen LogP contribution is -2.29. The van der Waals surface area contributed by atoms with E-state index in [-0.39, 0.29) is 23.6 Å². The number of amides is 1. The molecular formula is C18H13F5N2O2. The number of benzene rings is 1.